The van der Waals surface area contributed by atoms with E-state index in [0.29, 0.717) is 43.6 Å². The van der Waals surface area contributed by atoms with Gasteiger partial charge in [-0.1, -0.05) is 24.6 Å². The lowest BCUT2D eigenvalue weighted by Gasteiger charge is -2.59. The lowest BCUT2D eigenvalue weighted by molar-refractivity contribution is -0.159. The van der Waals surface area contributed by atoms with Crippen molar-refractivity contribution in [1.82, 2.24) is 4.90 Å². The molecule has 7 atom stereocenters. The van der Waals surface area contributed by atoms with Crippen molar-refractivity contribution in [2.75, 3.05) is 13.2 Å². The highest BCUT2D eigenvalue weighted by Gasteiger charge is 2.65. The maximum absolute atomic E-state index is 12.5. The third kappa shape index (κ3) is 3.74. The largest absolute Gasteiger partial charge is 0.480 e. The number of carboxylic acid groups (broad SMARTS) is 1. The minimum absolute atomic E-state index is 0.0752. The zero-order chi connectivity index (χ0) is 25.9. The van der Waals surface area contributed by atoms with Crippen molar-refractivity contribution >= 4 is 23.4 Å². The van der Waals surface area contributed by atoms with Crippen LogP contribution < -0.4 is 0 Å². The molecule has 1 amide bonds. The highest BCUT2D eigenvalue weighted by molar-refractivity contribution is 5.96. The molecule has 3 saturated carbocycles. The molecule has 198 valence electrons. The van der Waals surface area contributed by atoms with Crippen LogP contribution in [0.3, 0.4) is 0 Å². The second kappa shape index (κ2) is 8.96. The quantitative estimate of drug-likeness (QED) is 0.556. The molecule has 0 bridgehead atoms. The second-order valence-corrected chi connectivity index (χ2v) is 12.4. The first kappa shape index (κ1) is 25.4. The fourth-order valence-electron chi connectivity index (χ4n) is 8.81. The fraction of sp³-hybridized carbons (Fsp3) is 0.786. The van der Waals surface area contributed by atoms with Crippen LogP contribution in [0.5, 0.6) is 0 Å². The Labute approximate surface area is 213 Å². The molecular formula is C28H40N2O6. The average molecular weight is 501 g/mol. The van der Waals surface area contributed by atoms with E-state index in [9.17, 15) is 24.6 Å². The van der Waals surface area contributed by atoms with Gasteiger partial charge in [0.05, 0.1) is 5.71 Å². The Bertz CT molecular complexity index is 1020. The molecule has 4 fully saturated rings. The zero-order valence-corrected chi connectivity index (χ0v) is 21.8. The van der Waals surface area contributed by atoms with Gasteiger partial charge in [-0.25, -0.2) is 4.79 Å². The predicted octanol–water partition coefficient (Wildman–Crippen LogP) is 3.72. The first-order valence-electron chi connectivity index (χ1n) is 13.7. The van der Waals surface area contributed by atoms with E-state index in [1.54, 1.807) is 6.92 Å². The summed E-state index contributed by atoms with van der Waals surface area (Å²) >= 11 is 0. The SMILES string of the molecule is CC(=O)[C@@]1(O)CC[C@H]2[C@@H]3CCC4=C/C(=N/OCC(=O)N5CCC[C@H]5C(=O)O)CC[C@]4(C)[C@H]3CC[C@@]21C. The lowest BCUT2D eigenvalue weighted by atomic mass is 9.46. The number of oxime groups is 1. The number of amides is 1. The molecule has 0 unspecified atom stereocenters. The Morgan fingerprint density at radius 1 is 1.08 bits per heavy atom. The first-order valence-corrected chi connectivity index (χ1v) is 13.7. The molecule has 5 rings (SSSR count). The number of nitrogens with zero attached hydrogens (tertiary/aromatic N) is 2. The van der Waals surface area contributed by atoms with Crippen LogP contribution >= 0.6 is 0 Å². The van der Waals surface area contributed by atoms with E-state index in [2.05, 4.69) is 25.1 Å². The number of aliphatic carboxylic acids is 1. The van der Waals surface area contributed by atoms with Gasteiger partial charge in [0.2, 0.25) is 0 Å². The van der Waals surface area contributed by atoms with Crippen molar-refractivity contribution in [1.29, 1.82) is 0 Å². The monoisotopic (exact) mass is 500 g/mol. The van der Waals surface area contributed by atoms with Gasteiger partial charge in [-0.15, -0.1) is 0 Å². The standard InChI is InChI=1S/C28H40N2O6/c1-17(31)28(35)13-10-22-20-7-6-18-15-19(8-11-26(18,2)21(20)9-12-27(22,28)3)29-36-16-24(32)30-14-4-5-23(30)25(33)34/h15,20-23,35H,4-14,16H2,1-3H3,(H,33,34)/b29-19+/t20-,21+,22+,23+,26+,27+,28+/m1/s1. The van der Waals surface area contributed by atoms with E-state index in [0.717, 1.165) is 50.7 Å². The molecule has 1 aliphatic heterocycles. The summed E-state index contributed by atoms with van der Waals surface area (Å²) in [5, 5.41) is 24.9. The Morgan fingerprint density at radius 2 is 1.83 bits per heavy atom. The molecule has 0 aromatic rings. The summed E-state index contributed by atoms with van der Waals surface area (Å²) in [7, 11) is 0. The number of aliphatic hydroxyl groups is 1. The highest BCUT2D eigenvalue weighted by Crippen LogP contribution is 2.67. The van der Waals surface area contributed by atoms with Gasteiger partial charge in [0, 0.05) is 12.0 Å². The molecule has 8 nitrogen and oxygen atoms in total. The van der Waals surface area contributed by atoms with E-state index < -0.39 is 17.6 Å². The van der Waals surface area contributed by atoms with E-state index in [1.165, 1.54) is 10.5 Å². The molecule has 8 heteroatoms. The smallest absolute Gasteiger partial charge is 0.326 e. The van der Waals surface area contributed by atoms with Gasteiger partial charge in [-0.3, -0.25) is 9.59 Å². The molecule has 1 saturated heterocycles. The Hall–Kier alpha value is -2.22. The number of rotatable bonds is 5. The van der Waals surface area contributed by atoms with Crippen molar-refractivity contribution in [2.24, 2.45) is 33.7 Å². The molecule has 36 heavy (non-hydrogen) atoms. The summed E-state index contributed by atoms with van der Waals surface area (Å²) in [6.45, 7) is 6.30. The summed E-state index contributed by atoms with van der Waals surface area (Å²) in [5.74, 6) is 0.0734. The summed E-state index contributed by atoms with van der Waals surface area (Å²) < 4.78 is 0. The van der Waals surface area contributed by atoms with Crippen LogP contribution in [0.15, 0.2) is 16.8 Å². The van der Waals surface area contributed by atoms with Crippen LogP contribution in [0.4, 0.5) is 0 Å². The van der Waals surface area contributed by atoms with Crippen molar-refractivity contribution in [3.8, 4) is 0 Å². The third-order valence-electron chi connectivity index (χ3n) is 10.9. The third-order valence-corrected chi connectivity index (χ3v) is 10.9. The summed E-state index contributed by atoms with van der Waals surface area (Å²) in [5.41, 5.74) is 0.824. The van der Waals surface area contributed by atoms with Gasteiger partial charge < -0.3 is 20.0 Å². The van der Waals surface area contributed by atoms with Crippen molar-refractivity contribution in [3.63, 3.8) is 0 Å². The molecule has 4 aliphatic carbocycles. The average Bonchev–Trinajstić information content (AvgIpc) is 3.43. The Morgan fingerprint density at radius 3 is 2.56 bits per heavy atom. The number of Topliss-reactive ketones (excluding diaryl/α,β-unsaturated/α-hetero) is 1. The van der Waals surface area contributed by atoms with Crippen molar-refractivity contribution in [2.45, 2.75) is 96.6 Å². The normalized spacial score (nSPS) is 42.8. The minimum atomic E-state index is -1.18. The first-order chi connectivity index (χ1) is 17.0. The number of carbonyl (C=O) groups excluding carboxylic acids is 2. The topological polar surface area (TPSA) is 117 Å². The summed E-state index contributed by atoms with van der Waals surface area (Å²) in [6, 6.07) is -0.759. The van der Waals surface area contributed by atoms with E-state index >= 15 is 0 Å². The van der Waals surface area contributed by atoms with Crippen LogP contribution in [0.25, 0.3) is 0 Å². The van der Waals surface area contributed by atoms with Gasteiger partial charge in [0.15, 0.2) is 12.4 Å². The molecular weight excluding hydrogens is 460 g/mol. The number of carboxylic acids is 1. The maximum Gasteiger partial charge on any atom is 0.326 e. The number of carbonyl (C=O) groups is 3. The molecule has 2 N–H and O–H groups in total. The van der Waals surface area contributed by atoms with Crippen LogP contribution in [0.1, 0.15) is 85.0 Å². The Kier molecular flexibility index (Phi) is 6.33. The van der Waals surface area contributed by atoms with E-state index in [4.69, 9.17) is 4.84 Å². The highest BCUT2D eigenvalue weighted by atomic mass is 16.6. The number of hydrogen-bond acceptors (Lipinski definition) is 6. The van der Waals surface area contributed by atoms with Gasteiger partial charge >= 0.3 is 5.97 Å². The van der Waals surface area contributed by atoms with Gasteiger partial charge in [-0.05, 0) is 100 Å². The lowest BCUT2D eigenvalue weighted by Crippen LogP contribution is -2.57. The molecule has 0 aromatic heterocycles. The van der Waals surface area contributed by atoms with Gasteiger partial charge in [-0.2, -0.15) is 0 Å². The Balaban J connectivity index is 1.26. The molecule has 0 radical (unpaired) electrons. The molecule has 0 spiro atoms. The van der Waals surface area contributed by atoms with E-state index in [1.807, 2.05) is 0 Å². The predicted molar refractivity (Wildman–Crippen MR) is 133 cm³/mol. The van der Waals surface area contributed by atoms with Crippen molar-refractivity contribution < 1.29 is 29.4 Å². The number of hydrogen-bond donors (Lipinski definition) is 2. The second-order valence-electron chi connectivity index (χ2n) is 12.4. The zero-order valence-electron chi connectivity index (χ0n) is 21.8. The van der Waals surface area contributed by atoms with Crippen LogP contribution in [-0.2, 0) is 19.2 Å². The number of allylic oxidation sites excluding steroid dienone is 2. The molecule has 1 heterocycles. The van der Waals surface area contributed by atoms with Crippen LogP contribution in [-0.4, -0.2) is 63.3 Å². The van der Waals surface area contributed by atoms with Crippen LogP contribution in [0, 0.1) is 28.6 Å². The number of ketones is 1. The van der Waals surface area contributed by atoms with E-state index in [-0.39, 0.29) is 29.1 Å². The van der Waals surface area contributed by atoms with Gasteiger partial charge in [0.1, 0.15) is 11.6 Å². The van der Waals surface area contributed by atoms with Crippen LogP contribution in [0.2, 0.25) is 0 Å². The van der Waals surface area contributed by atoms with Gasteiger partial charge in [0.25, 0.3) is 5.91 Å². The minimum Gasteiger partial charge on any atom is -0.480 e. The number of likely N-dealkylation sites (tertiary alicyclic amines) is 1. The molecule has 0 aromatic carbocycles. The molecule has 5 aliphatic rings. The summed E-state index contributed by atoms with van der Waals surface area (Å²) in [6.07, 6.45) is 10.6. The maximum atomic E-state index is 12.5. The summed E-state index contributed by atoms with van der Waals surface area (Å²) in [4.78, 5) is 43.0. The van der Waals surface area contributed by atoms with Crippen molar-refractivity contribution in [3.05, 3.63) is 11.6 Å². The fourth-order valence-corrected chi connectivity index (χ4v) is 8.81. The number of fused-ring (bicyclic) bond motifs is 5.